The minimum absolute atomic E-state index is 0.0338. The Bertz CT molecular complexity index is 1340. The van der Waals surface area contributed by atoms with Gasteiger partial charge in [-0.3, -0.25) is 9.59 Å². The molecule has 2 amide bonds. The molecule has 0 bridgehead atoms. The van der Waals surface area contributed by atoms with E-state index in [9.17, 15) is 9.59 Å². The highest BCUT2D eigenvalue weighted by atomic mass is 32.1. The fraction of sp³-hybridized carbons (Fsp3) is 0.267. The second kappa shape index (κ2) is 12.0. The van der Waals surface area contributed by atoms with Crippen LogP contribution in [0.2, 0.25) is 0 Å². The molecule has 2 aromatic heterocycles. The van der Waals surface area contributed by atoms with Crippen molar-refractivity contribution in [3.8, 4) is 11.3 Å². The van der Waals surface area contributed by atoms with Gasteiger partial charge in [-0.1, -0.05) is 66.2 Å². The van der Waals surface area contributed by atoms with E-state index >= 15 is 0 Å². The van der Waals surface area contributed by atoms with Crippen molar-refractivity contribution in [3.63, 3.8) is 0 Å². The van der Waals surface area contributed by atoms with Gasteiger partial charge < -0.3 is 14.7 Å². The molecule has 1 aliphatic heterocycles. The summed E-state index contributed by atoms with van der Waals surface area (Å²) in [7, 11) is 0. The van der Waals surface area contributed by atoms with Crippen molar-refractivity contribution < 1.29 is 9.59 Å². The number of carbonyl (C=O) groups is 2. The highest BCUT2D eigenvalue weighted by Gasteiger charge is 2.25. The van der Waals surface area contributed by atoms with Crippen LogP contribution in [0.15, 0.2) is 84.2 Å². The molecule has 2 aromatic carbocycles. The van der Waals surface area contributed by atoms with Crippen LogP contribution in [0, 0.1) is 6.92 Å². The van der Waals surface area contributed by atoms with E-state index in [4.69, 9.17) is 0 Å². The second-order valence-corrected chi connectivity index (χ2v) is 10.4. The summed E-state index contributed by atoms with van der Waals surface area (Å²) in [6.45, 7) is 5.20. The predicted molar refractivity (Wildman–Crippen MR) is 151 cm³/mol. The average molecular weight is 526 g/mol. The first kappa shape index (κ1) is 25.6. The van der Waals surface area contributed by atoms with E-state index < -0.39 is 0 Å². The third-order valence-electron chi connectivity index (χ3n) is 6.73. The SMILES string of the molecule is Cc1ccc(-c2ccc(N3CCCN(C(=O)CN(Cc4ccccc4)C(=O)c4cccs4)CC3)nn2)cc1. The van der Waals surface area contributed by atoms with Crippen LogP contribution in [-0.2, 0) is 11.3 Å². The zero-order valence-corrected chi connectivity index (χ0v) is 22.3. The Hall–Kier alpha value is -4.04. The van der Waals surface area contributed by atoms with Crippen LogP contribution < -0.4 is 4.90 Å². The molecule has 194 valence electrons. The first-order valence-electron chi connectivity index (χ1n) is 12.9. The maximum absolute atomic E-state index is 13.4. The van der Waals surface area contributed by atoms with E-state index in [1.54, 1.807) is 4.90 Å². The molecule has 1 aliphatic rings. The number of aryl methyl sites for hydroxylation is 1. The van der Waals surface area contributed by atoms with Crippen LogP contribution in [-0.4, -0.2) is 64.5 Å². The van der Waals surface area contributed by atoms with Crippen molar-refractivity contribution in [2.75, 3.05) is 37.6 Å². The van der Waals surface area contributed by atoms with E-state index in [0.717, 1.165) is 35.6 Å². The molecule has 0 N–H and O–H groups in total. The molecule has 38 heavy (non-hydrogen) atoms. The largest absolute Gasteiger partial charge is 0.353 e. The third kappa shape index (κ3) is 6.26. The van der Waals surface area contributed by atoms with E-state index in [-0.39, 0.29) is 18.4 Å². The van der Waals surface area contributed by atoms with Crippen molar-refractivity contribution in [2.24, 2.45) is 0 Å². The third-order valence-corrected chi connectivity index (χ3v) is 7.59. The van der Waals surface area contributed by atoms with Crippen LogP contribution in [0.1, 0.15) is 27.2 Å². The summed E-state index contributed by atoms with van der Waals surface area (Å²) in [4.78, 5) is 32.9. The van der Waals surface area contributed by atoms with Crippen molar-refractivity contribution >= 4 is 29.0 Å². The van der Waals surface area contributed by atoms with Crippen molar-refractivity contribution in [1.82, 2.24) is 20.0 Å². The zero-order chi connectivity index (χ0) is 26.3. The molecule has 0 saturated carbocycles. The standard InChI is InChI=1S/C30H31N5O2S/c1-23-10-12-25(13-11-23)26-14-15-28(32-31-26)33-16-6-17-34(19-18-33)29(36)22-35(21-24-7-3-2-4-8-24)30(37)27-9-5-20-38-27/h2-5,7-15,20H,6,16-19,21-22H2,1H3. The Morgan fingerprint density at radius 3 is 2.39 bits per heavy atom. The normalized spacial score (nSPS) is 13.7. The molecule has 0 aliphatic carbocycles. The number of thiophene rings is 1. The molecule has 7 nitrogen and oxygen atoms in total. The van der Waals surface area contributed by atoms with Crippen molar-refractivity contribution in [1.29, 1.82) is 0 Å². The number of amides is 2. The Balaban J connectivity index is 1.23. The lowest BCUT2D eigenvalue weighted by Crippen LogP contribution is -2.43. The molecule has 1 fully saturated rings. The van der Waals surface area contributed by atoms with E-state index in [1.807, 2.05) is 64.9 Å². The molecule has 4 aromatic rings. The lowest BCUT2D eigenvalue weighted by molar-refractivity contribution is -0.131. The molecule has 3 heterocycles. The monoisotopic (exact) mass is 525 g/mol. The minimum atomic E-state index is -0.113. The predicted octanol–water partition coefficient (Wildman–Crippen LogP) is 4.89. The number of benzene rings is 2. The summed E-state index contributed by atoms with van der Waals surface area (Å²) in [6.07, 6.45) is 0.824. The molecule has 8 heteroatoms. The van der Waals surface area contributed by atoms with Gasteiger partial charge in [-0.2, -0.15) is 0 Å². The zero-order valence-electron chi connectivity index (χ0n) is 21.5. The molecule has 1 saturated heterocycles. The highest BCUT2D eigenvalue weighted by molar-refractivity contribution is 7.12. The fourth-order valence-corrected chi connectivity index (χ4v) is 5.28. The first-order chi connectivity index (χ1) is 18.6. The number of hydrogen-bond donors (Lipinski definition) is 0. The smallest absolute Gasteiger partial charge is 0.264 e. The maximum atomic E-state index is 13.4. The maximum Gasteiger partial charge on any atom is 0.264 e. The van der Waals surface area contributed by atoms with Gasteiger partial charge in [-0.25, -0.2) is 0 Å². The summed E-state index contributed by atoms with van der Waals surface area (Å²) >= 11 is 1.40. The van der Waals surface area contributed by atoms with E-state index in [2.05, 4.69) is 46.3 Å². The van der Waals surface area contributed by atoms with Gasteiger partial charge in [0.2, 0.25) is 5.91 Å². The molecule has 0 atom stereocenters. The fourth-order valence-electron chi connectivity index (χ4n) is 4.59. The van der Waals surface area contributed by atoms with Crippen LogP contribution in [0.5, 0.6) is 0 Å². The summed E-state index contributed by atoms with van der Waals surface area (Å²) in [5.74, 6) is 0.667. The molecule has 5 rings (SSSR count). The summed E-state index contributed by atoms with van der Waals surface area (Å²) < 4.78 is 0. The van der Waals surface area contributed by atoms with E-state index in [1.165, 1.54) is 16.9 Å². The highest BCUT2D eigenvalue weighted by Crippen LogP contribution is 2.20. The minimum Gasteiger partial charge on any atom is -0.353 e. The van der Waals surface area contributed by atoms with Crippen LogP contribution in [0.3, 0.4) is 0 Å². The summed E-state index contributed by atoms with van der Waals surface area (Å²) in [5.41, 5.74) is 4.09. The molecule has 0 radical (unpaired) electrons. The number of hydrogen-bond acceptors (Lipinski definition) is 6. The Labute approximate surface area is 227 Å². The summed E-state index contributed by atoms with van der Waals surface area (Å²) in [6, 6.07) is 25.7. The quantitative estimate of drug-likeness (QED) is 0.344. The topological polar surface area (TPSA) is 69.6 Å². The molecule has 0 spiro atoms. The van der Waals surface area contributed by atoms with Gasteiger partial charge in [0.05, 0.1) is 10.6 Å². The first-order valence-corrected chi connectivity index (χ1v) is 13.7. The van der Waals surface area contributed by atoms with Gasteiger partial charge in [0.25, 0.3) is 5.91 Å². The van der Waals surface area contributed by atoms with Gasteiger partial charge in [0, 0.05) is 38.3 Å². The molecular weight excluding hydrogens is 494 g/mol. The average Bonchev–Trinajstić information content (AvgIpc) is 3.38. The van der Waals surface area contributed by atoms with Crippen LogP contribution in [0.25, 0.3) is 11.3 Å². The number of aromatic nitrogens is 2. The van der Waals surface area contributed by atoms with Gasteiger partial charge in [-0.05, 0) is 42.5 Å². The number of carbonyl (C=O) groups excluding carboxylic acids is 2. The Morgan fingerprint density at radius 2 is 1.68 bits per heavy atom. The number of rotatable bonds is 7. The molecular formula is C30H31N5O2S. The number of nitrogens with zero attached hydrogens (tertiary/aromatic N) is 5. The second-order valence-electron chi connectivity index (χ2n) is 9.49. The Morgan fingerprint density at radius 1 is 0.868 bits per heavy atom. The van der Waals surface area contributed by atoms with Crippen LogP contribution in [0.4, 0.5) is 5.82 Å². The van der Waals surface area contributed by atoms with Gasteiger partial charge >= 0.3 is 0 Å². The van der Waals surface area contributed by atoms with E-state index in [0.29, 0.717) is 31.1 Å². The molecule has 0 unspecified atom stereocenters. The number of anilines is 1. The van der Waals surface area contributed by atoms with Crippen molar-refractivity contribution in [3.05, 3.63) is 100 Å². The van der Waals surface area contributed by atoms with Gasteiger partial charge in [-0.15, -0.1) is 21.5 Å². The lowest BCUT2D eigenvalue weighted by atomic mass is 10.1. The van der Waals surface area contributed by atoms with Gasteiger partial charge in [0.1, 0.15) is 6.54 Å². The van der Waals surface area contributed by atoms with Crippen molar-refractivity contribution in [2.45, 2.75) is 19.9 Å². The van der Waals surface area contributed by atoms with Gasteiger partial charge in [0.15, 0.2) is 5.82 Å². The van der Waals surface area contributed by atoms with Crippen LogP contribution >= 0.6 is 11.3 Å². The summed E-state index contributed by atoms with van der Waals surface area (Å²) in [5, 5.41) is 10.8. The Kier molecular flexibility index (Phi) is 8.09. The lowest BCUT2D eigenvalue weighted by Gasteiger charge is -2.27.